The van der Waals surface area contributed by atoms with E-state index in [0.29, 0.717) is 24.9 Å². The minimum atomic E-state index is -4.27. The molecule has 0 radical (unpaired) electrons. The number of nitrogens with zero attached hydrogens (tertiary/aromatic N) is 1. The average Bonchev–Trinajstić information content (AvgIpc) is 3.00. The zero-order valence-corrected chi connectivity index (χ0v) is 17.5. The van der Waals surface area contributed by atoms with Crippen molar-refractivity contribution in [3.8, 4) is 0 Å². The van der Waals surface area contributed by atoms with E-state index in [2.05, 4.69) is 0 Å². The number of methoxy groups -OCH3 is 1. The quantitative estimate of drug-likeness (QED) is 0.395. The second-order valence-corrected chi connectivity index (χ2v) is 7.70. The van der Waals surface area contributed by atoms with Gasteiger partial charge in [-0.3, -0.25) is 5.73 Å². The lowest BCUT2D eigenvalue weighted by molar-refractivity contribution is -0.718. The molecule has 1 aromatic carbocycles. The third-order valence-corrected chi connectivity index (χ3v) is 5.01. The molecule has 0 saturated heterocycles. The van der Waals surface area contributed by atoms with Crippen LogP contribution in [0.15, 0.2) is 40.7 Å². The van der Waals surface area contributed by atoms with Crippen LogP contribution in [0.25, 0.3) is 0 Å². The van der Waals surface area contributed by atoms with Gasteiger partial charge in [0, 0.05) is 25.7 Å². The first kappa shape index (κ1) is 23.5. The van der Waals surface area contributed by atoms with E-state index in [1.807, 2.05) is 36.9 Å². The standard InChI is InChI=1S/C10H18N2O3S.C7H8O3S/c1-4-14-10(13-3,15-5-2)8-12-6-7-16-9(12)11;1-6-2-4-7(5-3-6)11(8,9)10/h6-7,11H,4-5,8H2,1-3H3;2-5H,1H3,(H,8,9,10). The van der Waals surface area contributed by atoms with Gasteiger partial charge in [0.05, 0.1) is 4.90 Å². The maximum Gasteiger partial charge on any atom is 0.331 e. The molecule has 152 valence electrons. The van der Waals surface area contributed by atoms with Gasteiger partial charge in [-0.25, -0.2) is 13.0 Å². The van der Waals surface area contributed by atoms with Gasteiger partial charge in [0.2, 0.25) is 0 Å². The number of anilines is 1. The van der Waals surface area contributed by atoms with E-state index in [9.17, 15) is 13.0 Å². The van der Waals surface area contributed by atoms with Crippen molar-refractivity contribution in [2.45, 2.75) is 38.2 Å². The highest BCUT2D eigenvalue weighted by Gasteiger charge is 2.35. The highest BCUT2D eigenvalue weighted by atomic mass is 32.2. The number of nitrogens with two attached hydrogens (primary N) is 1. The fraction of sp³-hybridized carbons (Fsp3) is 0.471. The maximum atomic E-state index is 10.4. The van der Waals surface area contributed by atoms with E-state index in [1.165, 1.54) is 23.5 Å². The van der Waals surface area contributed by atoms with E-state index in [4.69, 9.17) is 19.9 Å². The lowest BCUT2D eigenvalue weighted by Crippen LogP contribution is -2.52. The second-order valence-electron chi connectivity index (χ2n) is 5.39. The Hall–Kier alpha value is -1.56. The van der Waals surface area contributed by atoms with Crippen molar-refractivity contribution in [3.05, 3.63) is 41.4 Å². The van der Waals surface area contributed by atoms with Crippen LogP contribution in [0.4, 0.5) is 5.13 Å². The molecule has 27 heavy (non-hydrogen) atoms. The van der Waals surface area contributed by atoms with Crippen molar-refractivity contribution in [2.24, 2.45) is 0 Å². The summed E-state index contributed by atoms with van der Waals surface area (Å²) in [6, 6.07) is 5.78. The first-order valence-corrected chi connectivity index (χ1v) is 10.5. The summed E-state index contributed by atoms with van der Waals surface area (Å²) in [5, 5.41) is 2.61. The van der Waals surface area contributed by atoms with Crippen LogP contribution >= 0.6 is 11.3 Å². The van der Waals surface area contributed by atoms with Gasteiger partial charge in [0.25, 0.3) is 0 Å². The summed E-state index contributed by atoms with van der Waals surface area (Å²) in [5.74, 6) is -1.05. The minimum absolute atomic E-state index is 0.178. The molecule has 0 bridgehead atoms. The average molecular weight is 419 g/mol. The lowest BCUT2D eigenvalue weighted by Gasteiger charge is -2.29. The van der Waals surface area contributed by atoms with Crippen molar-refractivity contribution in [1.29, 1.82) is 0 Å². The molecule has 0 aliphatic carbocycles. The van der Waals surface area contributed by atoms with Crippen molar-refractivity contribution < 1.29 is 31.7 Å². The Labute approximate surface area is 164 Å². The Bertz CT molecular complexity index is 784. The molecule has 8 nitrogen and oxygen atoms in total. The summed E-state index contributed by atoms with van der Waals surface area (Å²) < 4.78 is 49.4. The molecule has 2 N–H and O–H groups in total. The molecule has 0 aliphatic heterocycles. The third-order valence-electron chi connectivity index (χ3n) is 3.43. The topological polar surface area (TPSA) is 115 Å². The lowest BCUT2D eigenvalue weighted by atomic mass is 10.2. The molecule has 2 rings (SSSR count). The summed E-state index contributed by atoms with van der Waals surface area (Å²) in [7, 11) is -2.71. The van der Waals surface area contributed by atoms with E-state index in [0.717, 1.165) is 5.56 Å². The van der Waals surface area contributed by atoms with Crippen LogP contribution in [0.5, 0.6) is 0 Å². The van der Waals surface area contributed by atoms with Crippen LogP contribution in [0, 0.1) is 6.92 Å². The van der Waals surface area contributed by atoms with Gasteiger partial charge in [0.1, 0.15) is 16.3 Å². The Morgan fingerprint density at radius 1 is 1.19 bits per heavy atom. The van der Waals surface area contributed by atoms with Gasteiger partial charge < -0.3 is 18.8 Å². The molecule has 0 atom stereocenters. The maximum absolute atomic E-state index is 10.4. The van der Waals surface area contributed by atoms with Gasteiger partial charge in [0.15, 0.2) is 6.54 Å². The fourth-order valence-corrected chi connectivity index (χ4v) is 3.19. The Kier molecular flexibility index (Phi) is 9.30. The third kappa shape index (κ3) is 7.53. The molecule has 0 fully saturated rings. The van der Waals surface area contributed by atoms with Gasteiger partial charge in [-0.05, 0) is 32.9 Å². The van der Waals surface area contributed by atoms with E-state index < -0.39 is 16.1 Å². The number of thiazole rings is 1. The number of aryl methyl sites for hydroxylation is 1. The highest BCUT2D eigenvalue weighted by Crippen LogP contribution is 2.16. The first-order valence-electron chi connectivity index (χ1n) is 8.25. The largest absolute Gasteiger partial charge is 0.744 e. The van der Waals surface area contributed by atoms with Crippen molar-refractivity contribution in [3.63, 3.8) is 0 Å². The van der Waals surface area contributed by atoms with Crippen LogP contribution < -0.4 is 10.3 Å². The van der Waals surface area contributed by atoms with Gasteiger partial charge in [-0.1, -0.05) is 29.0 Å². The number of nitrogen functional groups attached to an aromatic ring is 1. The number of benzene rings is 1. The molecule has 2 aromatic rings. The van der Waals surface area contributed by atoms with Crippen molar-refractivity contribution in [1.82, 2.24) is 0 Å². The number of ether oxygens (including phenoxy) is 3. The van der Waals surface area contributed by atoms with Gasteiger partial charge in [-0.15, -0.1) is 0 Å². The van der Waals surface area contributed by atoms with Crippen molar-refractivity contribution in [2.75, 3.05) is 26.1 Å². The summed E-state index contributed by atoms with van der Waals surface area (Å²) in [6.45, 7) is 7.06. The molecule has 1 aromatic heterocycles. The van der Waals surface area contributed by atoms with Crippen molar-refractivity contribution >= 4 is 26.6 Å². The normalized spacial score (nSPS) is 11.7. The van der Waals surface area contributed by atoms with Gasteiger partial charge in [-0.2, -0.15) is 0 Å². The smallest absolute Gasteiger partial charge is 0.331 e. The molecule has 10 heteroatoms. The molecule has 0 amide bonds. The number of rotatable bonds is 8. The first-order chi connectivity index (χ1) is 12.7. The van der Waals surface area contributed by atoms with Crippen LogP contribution in [-0.4, -0.2) is 39.3 Å². The Balaban J connectivity index is 0.000000289. The van der Waals surface area contributed by atoms with Crippen LogP contribution in [0.1, 0.15) is 19.4 Å². The summed E-state index contributed by atoms with van der Waals surface area (Å²) in [4.78, 5) is -0.178. The molecule has 0 saturated carbocycles. The van der Waals surface area contributed by atoms with Crippen LogP contribution in [0.3, 0.4) is 0 Å². The summed E-state index contributed by atoms with van der Waals surface area (Å²) in [6.07, 6.45) is 1.88. The zero-order valence-electron chi connectivity index (χ0n) is 15.9. The van der Waals surface area contributed by atoms with E-state index in [-0.39, 0.29) is 4.90 Å². The Morgan fingerprint density at radius 2 is 1.74 bits per heavy atom. The Morgan fingerprint density at radius 3 is 2.11 bits per heavy atom. The van der Waals surface area contributed by atoms with E-state index >= 15 is 0 Å². The second kappa shape index (κ2) is 10.7. The summed E-state index contributed by atoms with van der Waals surface area (Å²) >= 11 is 1.47. The SMILES string of the molecule is CCOC(C[n+]1ccsc1N)(OC)OCC.Cc1ccc(S(=O)(=O)[O-])cc1. The molecular formula is C17H26N2O6S2. The van der Waals surface area contributed by atoms with Crippen LogP contribution in [-0.2, 0) is 30.9 Å². The zero-order chi connectivity index (χ0) is 20.5. The molecule has 1 heterocycles. The molecular weight excluding hydrogens is 392 g/mol. The number of aromatic nitrogens is 1. The predicted octanol–water partition coefficient (Wildman–Crippen LogP) is 1.89. The van der Waals surface area contributed by atoms with Crippen LogP contribution in [0.2, 0.25) is 0 Å². The fourth-order valence-electron chi connectivity index (χ4n) is 2.11. The monoisotopic (exact) mass is 418 g/mol. The molecule has 0 spiro atoms. The van der Waals surface area contributed by atoms with E-state index in [1.54, 1.807) is 19.2 Å². The molecule has 0 unspecified atom stereocenters. The molecule has 0 aliphatic rings. The minimum Gasteiger partial charge on any atom is -0.744 e. The van der Waals surface area contributed by atoms with Gasteiger partial charge >= 0.3 is 11.1 Å². The number of hydrogen-bond acceptors (Lipinski definition) is 8. The highest BCUT2D eigenvalue weighted by molar-refractivity contribution is 7.85. The summed E-state index contributed by atoms with van der Waals surface area (Å²) in [5.41, 5.74) is 6.74. The predicted molar refractivity (Wildman–Crippen MR) is 101 cm³/mol. The number of hydrogen-bond donors (Lipinski definition) is 1.